The van der Waals surface area contributed by atoms with E-state index >= 15 is 0 Å². The molecule has 4 bridgehead atoms. The lowest BCUT2D eigenvalue weighted by atomic mass is 9.42. The number of rotatable bonds is 4. The Balaban J connectivity index is 1.37. The van der Waals surface area contributed by atoms with E-state index in [1.54, 1.807) is 24.8 Å². The molecule has 1 saturated heterocycles. The van der Waals surface area contributed by atoms with E-state index in [2.05, 4.69) is 35.6 Å². The first-order valence-corrected chi connectivity index (χ1v) is 10.5. The summed E-state index contributed by atoms with van der Waals surface area (Å²) in [7, 11) is 0. The van der Waals surface area contributed by atoms with Gasteiger partial charge < -0.3 is 5.32 Å². The second-order valence-corrected chi connectivity index (χ2v) is 9.84. The summed E-state index contributed by atoms with van der Waals surface area (Å²) in [4.78, 5) is 0. The Morgan fingerprint density at radius 2 is 1.62 bits per heavy atom. The minimum Gasteiger partial charge on any atom is -0.317 e. The third-order valence-electron chi connectivity index (χ3n) is 8.11. The summed E-state index contributed by atoms with van der Waals surface area (Å²) in [6.07, 6.45) is 15.0. The minimum atomic E-state index is 0.541. The van der Waals surface area contributed by atoms with Crippen LogP contribution in [0.4, 0.5) is 0 Å². The minimum absolute atomic E-state index is 0.541. The average molecular weight is 324 g/mol. The van der Waals surface area contributed by atoms with E-state index < -0.39 is 0 Å². The monoisotopic (exact) mass is 323 g/mol. The summed E-state index contributed by atoms with van der Waals surface area (Å²) in [6.45, 7) is 2.52. The van der Waals surface area contributed by atoms with Gasteiger partial charge in [-0.25, -0.2) is 0 Å². The zero-order chi connectivity index (χ0) is 16.0. The van der Waals surface area contributed by atoms with Crippen LogP contribution in [0, 0.1) is 23.2 Å². The van der Waals surface area contributed by atoms with Crippen LogP contribution in [0.15, 0.2) is 30.3 Å². The lowest BCUT2D eigenvalue weighted by Crippen LogP contribution is -2.54. The van der Waals surface area contributed by atoms with Crippen LogP contribution in [-0.4, -0.2) is 13.1 Å². The van der Waals surface area contributed by atoms with E-state index in [9.17, 15) is 0 Å². The van der Waals surface area contributed by atoms with Crippen molar-refractivity contribution >= 4 is 0 Å². The van der Waals surface area contributed by atoms with Crippen LogP contribution in [-0.2, 0) is 5.41 Å². The Kier molecular flexibility index (Phi) is 3.77. The number of hydrogen-bond acceptors (Lipinski definition) is 1. The molecular formula is C23H33N. The van der Waals surface area contributed by atoms with Crippen LogP contribution in [0.25, 0.3) is 0 Å². The highest BCUT2D eigenvalue weighted by atomic mass is 14.9. The standard InChI is InChI=1S/C23H33N/c1-2-4-21(5-3-1)23-15-19-12-20(16-23)14-22(13-19,17-23)9-6-18-7-10-24-11-8-18/h1-5,18-20,24H,6-17H2. The fourth-order valence-electron chi connectivity index (χ4n) is 7.55. The Bertz CT molecular complexity index is 557. The van der Waals surface area contributed by atoms with Crippen LogP contribution >= 0.6 is 0 Å². The number of piperidine rings is 1. The lowest BCUT2D eigenvalue weighted by molar-refractivity contribution is -0.0790. The highest BCUT2D eigenvalue weighted by Gasteiger charge is 2.57. The molecule has 0 amide bonds. The molecule has 0 aromatic heterocycles. The smallest absolute Gasteiger partial charge is 0.00364 e. The molecular weight excluding hydrogens is 290 g/mol. The summed E-state index contributed by atoms with van der Waals surface area (Å²) in [5, 5.41) is 3.54. The molecule has 0 spiro atoms. The molecule has 5 fully saturated rings. The van der Waals surface area contributed by atoms with Crippen molar-refractivity contribution in [2.75, 3.05) is 13.1 Å². The summed E-state index contributed by atoms with van der Waals surface area (Å²) in [5.41, 5.74) is 2.91. The van der Waals surface area contributed by atoms with Crippen molar-refractivity contribution in [1.29, 1.82) is 0 Å². The van der Waals surface area contributed by atoms with E-state index in [0.29, 0.717) is 10.8 Å². The van der Waals surface area contributed by atoms with Crippen LogP contribution in [0.2, 0.25) is 0 Å². The van der Waals surface area contributed by atoms with E-state index in [1.165, 1.54) is 58.0 Å². The van der Waals surface area contributed by atoms with Crippen LogP contribution in [0.3, 0.4) is 0 Å². The molecule has 4 saturated carbocycles. The second-order valence-electron chi connectivity index (χ2n) is 9.84. The first kappa shape index (κ1) is 15.4. The predicted molar refractivity (Wildman–Crippen MR) is 100 cm³/mol. The third kappa shape index (κ3) is 2.64. The molecule has 2 unspecified atom stereocenters. The maximum atomic E-state index is 3.54. The van der Waals surface area contributed by atoms with E-state index in [1.807, 2.05) is 0 Å². The quantitative estimate of drug-likeness (QED) is 0.792. The van der Waals surface area contributed by atoms with Gasteiger partial charge in [-0.1, -0.05) is 30.3 Å². The topological polar surface area (TPSA) is 12.0 Å². The van der Waals surface area contributed by atoms with Gasteiger partial charge in [0.25, 0.3) is 0 Å². The van der Waals surface area contributed by atoms with Crippen molar-refractivity contribution in [3.8, 4) is 0 Å². The van der Waals surface area contributed by atoms with Gasteiger partial charge in [0.15, 0.2) is 0 Å². The van der Waals surface area contributed by atoms with Gasteiger partial charge in [-0.15, -0.1) is 0 Å². The van der Waals surface area contributed by atoms with E-state index in [4.69, 9.17) is 0 Å². The van der Waals surface area contributed by atoms with Gasteiger partial charge in [-0.05, 0) is 111 Å². The van der Waals surface area contributed by atoms with Gasteiger partial charge in [0, 0.05) is 0 Å². The van der Waals surface area contributed by atoms with Crippen molar-refractivity contribution in [2.24, 2.45) is 23.2 Å². The Hall–Kier alpha value is -0.820. The first-order chi connectivity index (χ1) is 11.8. The SMILES string of the molecule is c1ccc(C23CC4CC(CC(CCC5CCNCC5)(C4)C2)C3)cc1. The van der Waals surface area contributed by atoms with Crippen LogP contribution in [0.1, 0.15) is 69.8 Å². The van der Waals surface area contributed by atoms with Crippen molar-refractivity contribution < 1.29 is 0 Å². The van der Waals surface area contributed by atoms with Crippen molar-refractivity contribution in [3.63, 3.8) is 0 Å². The molecule has 0 radical (unpaired) electrons. The normalized spacial score (nSPS) is 41.7. The molecule has 1 nitrogen and oxygen atoms in total. The van der Waals surface area contributed by atoms with E-state index in [-0.39, 0.29) is 0 Å². The Labute approximate surface area is 147 Å². The molecule has 1 heterocycles. The summed E-state index contributed by atoms with van der Waals surface area (Å²) < 4.78 is 0. The largest absolute Gasteiger partial charge is 0.317 e. The fourth-order valence-corrected chi connectivity index (χ4v) is 7.55. The average Bonchev–Trinajstić information content (AvgIpc) is 2.61. The molecule has 1 N–H and O–H groups in total. The van der Waals surface area contributed by atoms with Crippen molar-refractivity contribution in [3.05, 3.63) is 35.9 Å². The predicted octanol–water partition coefficient (Wildman–Crippen LogP) is 5.30. The number of benzene rings is 1. The summed E-state index contributed by atoms with van der Waals surface area (Å²) >= 11 is 0. The molecule has 2 atom stereocenters. The zero-order valence-corrected chi connectivity index (χ0v) is 15.1. The maximum absolute atomic E-state index is 3.54. The molecule has 4 aliphatic carbocycles. The van der Waals surface area contributed by atoms with Gasteiger partial charge in [0.2, 0.25) is 0 Å². The maximum Gasteiger partial charge on any atom is -0.00364 e. The molecule has 24 heavy (non-hydrogen) atoms. The molecule has 1 aromatic carbocycles. The number of hydrogen-bond donors (Lipinski definition) is 1. The zero-order valence-electron chi connectivity index (χ0n) is 15.1. The Morgan fingerprint density at radius 1 is 0.917 bits per heavy atom. The van der Waals surface area contributed by atoms with Gasteiger partial charge in [-0.2, -0.15) is 0 Å². The van der Waals surface area contributed by atoms with Crippen LogP contribution < -0.4 is 5.32 Å². The summed E-state index contributed by atoms with van der Waals surface area (Å²) in [6, 6.07) is 11.6. The van der Waals surface area contributed by atoms with Crippen molar-refractivity contribution in [1.82, 2.24) is 5.32 Å². The first-order valence-electron chi connectivity index (χ1n) is 10.5. The van der Waals surface area contributed by atoms with Gasteiger partial charge in [-0.3, -0.25) is 0 Å². The fraction of sp³-hybridized carbons (Fsp3) is 0.739. The summed E-state index contributed by atoms with van der Waals surface area (Å²) in [5.74, 6) is 3.06. The number of nitrogens with one attached hydrogen (secondary N) is 1. The Morgan fingerprint density at radius 3 is 2.33 bits per heavy atom. The molecule has 5 aliphatic rings. The van der Waals surface area contributed by atoms with Crippen molar-refractivity contribution in [2.45, 2.75) is 69.6 Å². The van der Waals surface area contributed by atoms with E-state index in [0.717, 1.165) is 17.8 Å². The molecule has 130 valence electrons. The highest BCUT2D eigenvalue weighted by molar-refractivity contribution is 5.30. The molecule has 1 aliphatic heterocycles. The highest BCUT2D eigenvalue weighted by Crippen LogP contribution is 2.67. The molecule has 1 heteroatoms. The van der Waals surface area contributed by atoms with Gasteiger partial charge in [0.1, 0.15) is 0 Å². The molecule has 6 rings (SSSR count). The lowest BCUT2D eigenvalue weighted by Gasteiger charge is -2.63. The molecule has 1 aromatic rings. The van der Waals surface area contributed by atoms with Gasteiger partial charge >= 0.3 is 0 Å². The third-order valence-corrected chi connectivity index (χ3v) is 8.11. The van der Waals surface area contributed by atoms with Gasteiger partial charge in [0.05, 0.1) is 0 Å². The second kappa shape index (κ2) is 5.87. The van der Waals surface area contributed by atoms with Crippen LogP contribution in [0.5, 0.6) is 0 Å².